The number of benzene rings is 1. The molecule has 0 bridgehead atoms. The molecule has 1 aromatic carbocycles. The maximum Gasteiger partial charge on any atom is 0.261 e. The molecule has 1 aliphatic rings. The summed E-state index contributed by atoms with van der Waals surface area (Å²) in [5.74, 6) is 0.0840. The fraction of sp³-hybridized carbons (Fsp3) is 0.450. The molecule has 1 aliphatic heterocycles. The second kappa shape index (κ2) is 9.02. The SMILES string of the molecule is CCc1ccsc1C(=O)NCCCN1CCN(c2ccccc2)CC1. The van der Waals surface area contributed by atoms with Gasteiger partial charge in [-0.25, -0.2) is 0 Å². The number of piperazine rings is 1. The number of hydrogen-bond donors (Lipinski definition) is 1. The van der Waals surface area contributed by atoms with Crippen LogP contribution in [0.5, 0.6) is 0 Å². The number of amides is 1. The number of nitrogens with one attached hydrogen (secondary N) is 1. The second-order valence-electron chi connectivity index (χ2n) is 6.40. The van der Waals surface area contributed by atoms with Gasteiger partial charge >= 0.3 is 0 Å². The number of aryl methyl sites for hydroxylation is 1. The Kier molecular flexibility index (Phi) is 6.48. The van der Waals surface area contributed by atoms with Crippen LogP contribution in [0.25, 0.3) is 0 Å². The monoisotopic (exact) mass is 357 g/mol. The van der Waals surface area contributed by atoms with Crippen LogP contribution < -0.4 is 10.2 Å². The first kappa shape index (κ1) is 18.0. The standard InChI is InChI=1S/C20H27N3OS/c1-2-17-9-16-25-19(17)20(24)21-10-6-11-22-12-14-23(15-13-22)18-7-4-3-5-8-18/h3-5,7-9,16H,2,6,10-15H2,1H3,(H,21,24). The average molecular weight is 358 g/mol. The minimum absolute atomic E-state index is 0.0840. The zero-order valence-electron chi connectivity index (χ0n) is 14.9. The molecule has 5 heteroatoms. The molecule has 3 rings (SSSR count). The number of anilines is 1. The van der Waals surface area contributed by atoms with Crippen molar-refractivity contribution >= 4 is 22.9 Å². The van der Waals surface area contributed by atoms with E-state index in [9.17, 15) is 4.79 Å². The van der Waals surface area contributed by atoms with E-state index in [1.165, 1.54) is 17.0 Å². The number of carbonyl (C=O) groups is 1. The topological polar surface area (TPSA) is 35.6 Å². The van der Waals surface area contributed by atoms with Crippen LogP contribution in [-0.4, -0.2) is 50.1 Å². The third kappa shape index (κ3) is 4.83. The van der Waals surface area contributed by atoms with Gasteiger partial charge in [0.2, 0.25) is 0 Å². The Balaban J connectivity index is 1.34. The summed E-state index contributed by atoms with van der Waals surface area (Å²) in [6.07, 6.45) is 1.92. The van der Waals surface area contributed by atoms with Gasteiger partial charge in [0.1, 0.15) is 0 Å². The summed E-state index contributed by atoms with van der Waals surface area (Å²) < 4.78 is 0. The van der Waals surface area contributed by atoms with E-state index >= 15 is 0 Å². The van der Waals surface area contributed by atoms with E-state index in [-0.39, 0.29) is 5.91 Å². The van der Waals surface area contributed by atoms with Crippen LogP contribution in [0.2, 0.25) is 0 Å². The summed E-state index contributed by atoms with van der Waals surface area (Å²) in [4.78, 5) is 18.0. The van der Waals surface area contributed by atoms with E-state index in [1.807, 2.05) is 11.4 Å². The van der Waals surface area contributed by atoms with E-state index in [2.05, 4.69) is 52.4 Å². The summed E-state index contributed by atoms with van der Waals surface area (Å²) in [5, 5.41) is 5.07. The van der Waals surface area contributed by atoms with Crippen LogP contribution in [0.4, 0.5) is 5.69 Å². The highest BCUT2D eigenvalue weighted by Gasteiger charge is 2.17. The lowest BCUT2D eigenvalue weighted by Crippen LogP contribution is -2.47. The van der Waals surface area contributed by atoms with Crippen molar-refractivity contribution in [1.82, 2.24) is 10.2 Å². The lowest BCUT2D eigenvalue weighted by Gasteiger charge is -2.36. The quantitative estimate of drug-likeness (QED) is 0.773. The molecule has 4 nitrogen and oxygen atoms in total. The molecule has 1 fully saturated rings. The molecule has 1 aromatic heterocycles. The minimum Gasteiger partial charge on any atom is -0.369 e. The van der Waals surface area contributed by atoms with E-state index in [1.54, 1.807) is 0 Å². The van der Waals surface area contributed by atoms with Crippen molar-refractivity contribution in [2.75, 3.05) is 44.2 Å². The molecule has 0 saturated carbocycles. The summed E-state index contributed by atoms with van der Waals surface area (Å²) in [5.41, 5.74) is 2.47. The maximum absolute atomic E-state index is 12.2. The summed E-state index contributed by atoms with van der Waals surface area (Å²) >= 11 is 1.54. The maximum atomic E-state index is 12.2. The number of thiophene rings is 1. The van der Waals surface area contributed by atoms with Crippen LogP contribution in [0, 0.1) is 0 Å². The minimum atomic E-state index is 0.0840. The largest absolute Gasteiger partial charge is 0.369 e. The predicted molar refractivity (Wildman–Crippen MR) is 106 cm³/mol. The fourth-order valence-corrected chi connectivity index (χ4v) is 4.18. The zero-order chi connectivity index (χ0) is 17.5. The molecule has 1 amide bonds. The van der Waals surface area contributed by atoms with Crippen molar-refractivity contribution in [3.63, 3.8) is 0 Å². The number of hydrogen-bond acceptors (Lipinski definition) is 4. The molecule has 1 saturated heterocycles. The van der Waals surface area contributed by atoms with E-state index in [0.29, 0.717) is 0 Å². The molecule has 2 heterocycles. The number of nitrogens with zero attached hydrogens (tertiary/aromatic N) is 2. The van der Waals surface area contributed by atoms with Crippen LogP contribution in [0.3, 0.4) is 0 Å². The first-order valence-electron chi connectivity index (χ1n) is 9.15. The Labute approximate surface area is 154 Å². The highest BCUT2D eigenvalue weighted by Crippen LogP contribution is 2.17. The zero-order valence-corrected chi connectivity index (χ0v) is 15.7. The number of para-hydroxylation sites is 1. The van der Waals surface area contributed by atoms with Crippen molar-refractivity contribution in [3.05, 3.63) is 52.2 Å². The van der Waals surface area contributed by atoms with Gasteiger partial charge in [-0.1, -0.05) is 25.1 Å². The average Bonchev–Trinajstić information content (AvgIpc) is 3.15. The Bertz CT molecular complexity index is 663. The molecule has 0 atom stereocenters. The molecular formula is C20H27N3OS. The smallest absolute Gasteiger partial charge is 0.261 e. The number of carbonyl (C=O) groups excluding carboxylic acids is 1. The van der Waals surface area contributed by atoms with E-state index in [4.69, 9.17) is 0 Å². The summed E-state index contributed by atoms with van der Waals surface area (Å²) in [6.45, 7) is 8.22. The molecular weight excluding hydrogens is 330 g/mol. The fourth-order valence-electron chi connectivity index (χ4n) is 3.27. The van der Waals surface area contributed by atoms with Crippen molar-refractivity contribution in [3.8, 4) is 0 Å². The normalized spacial score (nSPS) is 15.3. The first-order valence-corrected chi connectivity index (χ1v) is 10.0. The predicted octanol–water partition coefficient (Wildman–Crippen LogP) is 3.25. The van der Waals surface area contributed by atoms with Crippen molar-refractivity contribution in [2.24, 2.45) is 0 Å². The highest BCUT2D eigenvalue weighted by atomic mass is 32.1. The highest BCUT2D eigenvalue weighted by molar-refractivity contribution is 7.12. The molecule has 0 spiro atoms. The molecule has 1 N–H and O–H groups in total. The third-order valence-electron chi connectivity index (χ3n) is 4.76. The Hall–Kier alpha value is -1.85. The van der Waals surface area contributed by atoms with Gasteiger partial charge < -0.3 is 10.2 Å². The van der Waals surface area contributed by atoms with Gasteiger partial charge in [0.05, 0.1) is 4.88 Å². The van der Waals surface area contributed by atoms with Crippen LogP contribution in [0.15, 0.2) is 41.8 Å². The molecule has 0 aliphatic carbocycles. The van der Waals surface area contributed by atoms with Gasteiger partial charge in [0.25, 0.3) is 5.91 Å². The Morgan fingerprint density at radius 3 is 2.60 bits per heavy atom. The van der Waals surface area contributed by atoms with E-state index < -0.39 is 0 Å². The summed E-state index contributed by atoms with van der Waals surface area (Å²) in [7, 11) is 0. The lowest BCUT2D eigenvalue weighted by atomic mass is 10.2. The first-order chi connectivity index (χ1) is 12.3. The van der Waals surface area contributed by atoms with Gasteiger partial charge in [-0.05, 0) is 48.5 Å². The molecule has 2 aromatic rings. The molecule has 134 valence electrons. The molecule has 25 heavy (non-hydrogen) atoms. The van der Waals surface area contributed by atoms with Crippen LogP contribution in [-0.2, 0) is 6.42 Å². The lowest BCUT2D eigenvalue weighted by molar-refractivity contribution is 0.0954. The van der Waals surface area contributed by atoms with Crippen molar-refractivity contribution in [2.45, 2.75) is 19.8 Å². The Morgan fingerprint density at radius 2 is 1.88 bits per heavy atom. The van der Waals surface area contributed by atoms with Crippen LogP contribution in [0.1, 0.15) is 28.6 Å². The van der Waals surface area contributed by atoms with Gasteiger partial charge in [-0.15, -0.1) is 11.3 Å². The van der Waals surface area contributed by atoms with Crippen molar-refractivity contribution in [1.29, 1.82) is 0 Å². The molecule has 0 unspecified atom stereocenters. The van der Waals surface area contributed by atoms with Gasteiger partial charge in [-0.3, -0.25) is 9.69 Å². The number of rotatable bonds is 7. The van der Waals surface area contributed by atoms with Crippen LogP contribution >= 0.6 is 11.3 Å². The van der Waals surface area contributed by atoms with Gasteiger partial charge in [0.15, 0.2) is 0 Å². The van der Waals surface area contributed by atoms with E-state index in [0.717, 1.165) is 62.6 Å². The van der Waals surface area contributed by atoms with Gasteiger partial charge in [-0.2, -0.15) is 0 Å². The van der Waals surface area contributed by atoms with Crippen molar-refractivity contribution < 1.29 is 4.79 Å². The third-order valence-corrected chi connectivity index (χ3v) is 5.72. The summed E-state index contributed by atoms with van der Waals surface area (Å²) in [6, 6.07) is 12.7. The van der Waals surface area contributed by atoms with Gasteiger partial charge in [0, 0.05) is 38.4 Å². The molecule has 0 radical (unpaired) electrons. The Morgan fingerprint density at radius 1 is 1.12 bits per heavy atom. The second-order valence-corrected chi connectivity index (χ2v) is 7.32.